The summed E-state index contributed by atoms with van der Waals surface area (Å²) in [6.45, 7) is 7.34. The Morgan fingerprint density at radius 2 is 2.07 bits per heavy atom. The fourth-order valence-electron chi connectivity index (χ4n) is 1.96. The van der Waals surface area contributed by atoms with E-state index in [0.29, 0.717) is 5.41 Å². The molecular formula is C12H24N2O. The Kier molecular flexibility index (Phi) is 4.14. The molecule has 1 fully saturated rings. The van der Waals surface area contributed by atoms with Gasteiger partial charge in [-0.2, -0.15) is 0 Å². The molecule has 0 aromatic carbocycles. The zero-order valence-electron chi connectivity index (χ0n) is 10.2. The Labute approximate surface area is 92.8 Å². The van der Waals surface area contributed by atoms with Crippen molar-refractivity contribution < 1.29 is 4.79 Å². The van der Waals surface area contributed by atoms with E-state index in [-0.39, 0.29) is 17.9 Å². The number of rotatable bonds is 3. The summed E-state index contributed by atoms with van der Waals surface area (Å²) in [5, 5.41) is 3.01. The van der Waals surface area contributed by atoms with Crippen LogP contribution >= 0.6 is 0 Å². The van der Waals surface area contributed by atoms with Gasteiger partial charge >= 0.3 is 0 Å². The summed E-state index contributed by atoms with van der Waals surface area (Å²) in [4.78, 5) is 11.7. The second-order valence-corrected chi connectivity index (χ2v) is 5.87. The van der Waals surface area contributed by atoms with E-state index >= 15 is 0 Å². The van der Waals surface area contributed by atoms with Crippen LogP contribution in [0.1, 0.15) is 46.5 Å². The van der Waals surface area contributed by atoms with E-state index in [0.717, 1.165) is 32.2 Å². The second kappa shape index (κ2) is 4.97. The monoisotopic (exact) mass is 212 g/mol. The highest BCUT2D eigenvalue weighted by molar-refractivity contribution is 5.78. The molecule has 2 atom stereocenters. The van der Waals surface area contributed by atoms with E-state index in [4.69, 9.17) is 5.73 Å². The third kappa shape index (κ3) is 4.65. The van der Waals surface area contributed by atoms with Crippen molar-refractivity contribution in [2.75, 3.05) is 6.54 Å². The highest BCUT2D eigenvalue weighted by atomic mass is 16.1. The minimum atomic E-state index is 0.167. The summed E-state index contributed by atoms with van der Waals surface area (Å²) < 4.78 is 0. The maximum Gasteiger partial charge on any atom is 0.223 e. The summed E-state index contributed by atoms with van der Waals surface area (Å²) in [6.07, 6.45) is 3.85. The first-order chi connectivity index (χ1) is 6.88. The van der Waals surface area contributed by atoms with E-state index in [9.17, 15) is 4.79 Å². The summed E-state index contributed by atoms with van der Waals surface area (Å²) in [5.41, 5.74) is 6.07. The van der Waals surface area contributed by atoms with Crippen LogP contribution in [0.15, 0.2) is 0 Å². The number of nitrogens with one attached hydrogen (secondary N) is 1. The van der Waals surface area contributed by atoms with E-state index in [1.54, 1.807) is 0 Å². The molecule has 0 aromatic rings. The van der Waals surface area contributed by atoms with Crippen LogP contribution in [0, 0.1) is 11.3 Å². The lowest BCUT2D eigenvalue weighted by Crippen LogP contribution is -2.32. The summed E-state index contributed by atoms with van der Waals surface area (Å²) in [7, 11) is 0. The van der Waals surface area contributed by atoms with Crippen LogP contribution in [0.2, 0.25) is 0 Å². The fourth-order valence-corrected chi connectivity index (χ4v) is 1.96. The Bertz CT molecular complexity index is 220. The maximum atomic E-state index is 11.7. The van der Waals surface area contributed by atoms with Gasteiger partial charge in [-0.3, -0.25) is 4.79 Å². The number of carbonyl (C=O) groups is 1. The molecule has 0 bridgehead atoms. The number of carbonyl (C=O) groups excluding carboxylic acids is 1. The molecule has 3 heteroatoms. The fraction of sp³-hybridized carbons (Fsp3) is 0.917. The largest absolute Gasteiger partial charge is 0.356 e. The molecule has 15 heavy (non-hydrogen) atoms. The van der Waals surface area contributed by atoms with Crippen LogP contribution < -0.4 is 11.1 Å². The SMILES string of the molecule is CC(C)(C)CCNC(=O)[C@H]1CC[C@@H](N)C1. The van der Waals surface area contributed by atoms with Gasteiger partial charge in [0.05, 0.1) is 0 Å². The Hall–Kier alpha value is -0.570. The van der Waals surface area contributed by atoms with Crippen LogP contribution in [-0.2, 0) is 4.79 Å². The molecule has 1 rings (SSSR count). The van der Waals surface area contributed by atoms with Crippen molar-refractivity contribution in [3.05, 3.63) is 0 Å². The molecule has 0 unspecified atom stereocenters. The zero-order valence-corrected chi connectivity index (χ0v) is 10.2. The van der Waals surface area contributed by atoms with E-state index in [1.807, 2.05) is 0 Å². The van der Waals surface area contributed by atoms with Crippen LogP contribution in [0.5, 0.6) is 0 Å². The van der Waals surface area contributed by atoms with Gasteiger partial charge in [-0.25, -0.2) is 0 Å². The highest BCUT2D eigenvalue weighted by Gasteiger charge is 2.27. The van der Waals surface area contributed by atoms with Gasteiger partial charge in [0, 0.05) is 18.5 Å². The van der Waals surface area contributed by atoms with Crippen molar-refractivity contribution >= 4 is 5.91 Å². The third-order valence-electron chi connectivity index (χ3n) is 3.02. The lowest BCUT2D eigenvalue weighted by atomic mass is 9.92. The predicted octanol–water partition coefficient (Wildman–Crippen LogP) is 1.67. The second-order valence-electron chi connectivity index (χ2n) is 5.87. The molecule has 0 aromatic heterocycles. The minimum Gasteiger partial charge on any atom is -0.356 e. The smallest absolute Gasteiger partial charge is 0.223 e. The normalized spacial score (nSPS) is 26.7. The molecule has 0 spiro atoms. The van der Waals surface area contributed by atoms with Gasteiger partial charge in [0.25, 0.3) is 0 Å². The van der Waals surface area contributed by atoms with Gasteiger partial charge in [-0.05, 0) is 31.1 Å². The Morgan fingerprint density at radius 3 is 2.53 bits per heavy atom. The molecule has 0 saturated heterocycles. The summed E-state index contributed by atoms with van der Waals surface area (Å²) in [5.74, 6) is 0.368. The van der Waals surface area contributed by atoms with Crippen molar-refractivity contribution in [1.29, 1.82) is 0 Å². The molecule has 1 amide bonds. The van der Waals surface area contributed by atoms with Gasteiger partial charge in [0.15, 0.2) is 0 Å². The number of nitrogens with two attached hydrogens (primary N) is 1. The van der Waals surface area contributed by atoms with Crippen LogP contribution in [0.4, 0.5) is 0 Å². The quantitative estimate of drug-likeness (QED) is 0.747. The number of hydrogen-bond acceptors (Lipinski definition) is 2. The van der Waals surface area contributed by atoms with Gasteiger partial charge in [0.1, 0.15) is 0 Å². The molecular weight excluding hydrogens is 188 g/mol. The number of amides is 1. The molecule has 88 valence electrons. The van der Waals surface area contributed by atoms with Gasteiger partial charge < -0.3 is 11.1 Å². The first-order valence-corrected chi connectivity index (χ1v) is 5.92. The summed E-state index contributed by atoms with van der Waals surface area (Å²) in [6, 6.07) is 0.239. The van der Waals surface area contributed by atoms with Crippen molar-refractivity contribution in [1.82, 2.24) is 5.32 Å². The molecule has 1 aliphatic carbocycles. The molecule has 0 aliphatic heterocycles. The Morgan fingerprint density at radius 1 is 1.40 bits per heavy atom. The third-order valence-corrected chi connectivity index (χ3v) is 3.02. The predicted molar refractivity (Wildman–Crippen MR) is 62.4 cm³/mol. The molecule has 1 saturated carbocycles. The van der Waals surface area contributed by atoms with Crippen molar-refractivity contribution in [2.24, 2.45) is 17.1 Å². The van der Waals surface area contributed by atoms with Crippen molar-refractivity contribution in [3.8, 4) is 0 Å². The van der Waals surface area contributed by atoms with Gasteiger partial charge in [-0.15, -0.1) is 0 Å². The maximum absolute atomic E-state index is 11.7. The van der Waals surface area contributed by atoms with Gasteiger partial charge in [0.2, 0.25) is 5.91 Å². The van der Waals surface area contributed by atoms with E-state index in [2.05, 4.69) is 26.1 Å². The highest BCUT2D eigenvalue weighted by Crippen LogP contribution is 2.24. The average molecular weight is 212 g/mol. The average Bonchev–Trinajstić information content (AvgIpc) is 2.49. The van der Waals surface area contributed by atoms with Crippen LogP contribution in [0.3, 0.4) is 0 Å². The topological polar surface area (TPSA) is 55.1 Å². The first kappa shape index (κ1) is 12.5. The molecule has 1 aliphatic rings. The molecule has 0 heterocycles. The lowest BCUT2D eigenvalue weighted by molar-refractivity contribution is -0.124. The van der Waals surface area contributed by atoms with Crippen molar-refractivity contribution in [3.63, 3.8) is 0 Å². The van der Waals surface area contributed by atoms with Crippen LogP contribution in [-0.4, -0.2) is 18.5 Å². The minimum absolute atomic E-state index is 0.167. The van der Waals surface area contributed by atoms with Crippen molar-refractivity contribution in [2.45, 2.75) is 52.5 Å². The van der Waals surface area contributed by atoms with E-state index < -0.39 is 0 Å². The van der Waals surface area contributed by atoms with E-state index in [1.165, 1.54) is 0 Å². The molecule has 3 N–H and O–H groups in total. The van der Waals surface area contributed by atoms with Gasteiger partial charge in [-0.1, -0.05) is 20.8 Å². The number of hydrogen-bond donors (Lipinski definition) is 2. The Balaban J connectivity index is 2.19. The lowest BCUT2D eigenvalue weighted by Gasteiger charge is -2.19. The standard InChI is InChI=1S/C12H24N2O/c1-12(2,3)6-7-14-11(15)9-4-5-10(13)8-9/h9-10H,4-8,13H2,1-3H3,(H,14,15)/t9-,10+/m0/s1. The van der Waals surface area contributed by atoms with Crippen LogP contribution in [0.25, 0.3) is 0 Å². The summed E-state index contributed by atoms with van der Waals surface area (Å²) >= 11 is 0. The molecule has 0 radical (unpaired) electrons. The zero-order chi connectivity index (χ0) is 11.5. The molecule has 3 nitrogen and oxygen atoms in total. The first-order valence-electron chi connectivity index (χ1n) is 5.92.